The van der Waals surface area contributed by atoms with Crippen LogP contribution >= 0.6 is 27.3 Å². The van der Waals surface area contributed by atoms with Gasteiger partial charge in [0.05, 0.1) is 11.9 Å². The van der Waals surface area contributed by atoms with Crippen molar-refractivity contribution >= 4 is 33.2 Å². The number of alkyl halides is 1. The van der Waals surface area contributed by atoms with E-state index in [1.165, 1.54) is 33.7 Å². The molecule has 1 aromatic heterocycles. The lowest BCUT2D eigenvalue weighted by Crippen LogP contribution is -2.41. The minimum atomic E-state index is 0.258. The second kappa shape index (κ2) is 5.21. The van der Waals surface area contributed by atoms with E-state index in [1.54, 1.807) is 0 Å². The topological polar surface area (TPSA) is 20.3 Å². The van der Waals surface area contributed by atoms with Crippen molar-refractivity contribution < 1.29 is 4.79 Å². The molecule has 0 N–H and O–H groups in total. The molecule has 0 unspecified atom stereocenters. The minimum absolute atomic E-state index is 0.258. The van der Waals surface area contributed by atoms with Gasteiger partial charge in [0.25, 0.3) is 0 Å². The number of rotatable bonds is 2. The summed E-state index contributed by atoms with van der Waals surface area (Å²) in [4.78, 5) is 17.2. The Bertz CT molecular complexity index is 506. The van der Waals surface area contributed by atoms with E-state index in [-0.39, 0.29) is 5.91 Å². The van der Waals surface area contributed by atoms with E-state index in [2.05, 4.69) is 34.7 Å². The predicted molar refractivity (Wildman–Crippen MR) is 83.0 cm³/mol. The van der Waals surface area contributed by atoms with Gasteiger partial charge in [0.1, 0.15) is 0 Å². The first-order chi connectivity index (χ1) is 9.11. The summed E-state index contributed by atoms with van der Waals surface area (Å²) in [7, 11) is 0. The van der Waals surface area contributed by atoms with Gasteiger partial charge >= 0.3 is 0 Å². The average molecular weight is 342 g/mol. The zero-order chi connectivity index (χ0) is 13.6. The van der Waals surface area contributed by atoms with Gasteiger partial charge in [-0.1, -0.05) is 15.9 Å². The van der Waals surface area contributed by atoms with Crippen LogP contribution in [0.25, 0.3) is 0 Å². The molecule has 0 spiro atoms. The highest BCUT2D eigenvalue weighted by molar-refractivity contribution is 9.09. The Kier molecular flexibility index (Phi) is 3.73. The number of hydrogen-bond donors (Lipinski definition) is 0. The van der Waals surface area contributed by atoms with E-state index in [0.29, 0.717) is 11.4 Å². The molecule has 3 rings (SSSR count). The van der Waals surface area contributed by atoms with Crippen LogP contribution in [-0.2, 0) is 17.8 Å². The average Bonchev–Trinajstić information content (AvgIpc) is 3.19. The van der Waals surface area contributed by atoms with Gasteiger partial charge in [-0.25, -0.2) is 0 Å². The lowest BCUT2D eigenvalue weighted by Gasteiger charge is -2.29. The molecule has 1 atom stereocenters. The first-order valence-corrected chi connectivity index (χ1v) is 8.98. The molecule has 1 saturated carbocycles. The standard InChI is InChI=1S/C15H20BrNOS/c1-9-10(2)19-14-8-17(15(18)7-16)13(11-3-4-11)6-5-12(9)14/h11,13H,3-8H2,1-2H3/t13-/m1/s1. The lowest BCUT2D eigenvalue weighted by atomic mass is 10.0. The molecule has 0 saturated heterocycles. The lowest BCUT2D eigenvalue weighted by molar-refractivity contribution is -0.131. The van der Waals surface area contributed by atoms with Crippen LogP contribution in [0.5, 0.6) is 0 Å². The van der Waals surface area contributed by atoms with Crippen molar-refractivity contribution in [2.45, 2.75) is 52.1 Å². The monoisotopic (exact) mass is 341 g/mol. The summed E-state index contributed by atoms with van der Waals surface area (Å²) >= 11 is 5.23. The summed E-state index contributed by atoms with van der Waals surface area (Å²) in [6, 6.07) is 0.476. The van der Waals surface area contributed by atoms with Crippen molar-refractivity contribution in [3.63, 3.8) is 0 Å². The van der Waals surface area contributed by atoms with E-state index < -0.39 is 0 Å². The molecule has 2 aliphatic rings. The molecule has 0 radical (unpaired) electrons. The van der Waals surface area contributed by atoms with E-state index in [4.69, 9.17) is 0 Å². The largest absolute Gasteiger partial charge is 0.334 e. The fourth-order valence-corrected chi connectivity index (χ4v) is 4.79. The second-order valence-corrected chi connectivity index (χ2v) is 7.65. The number of amides is 1. The van der Waals surface area contributed by atoms with Crippen LogP contribution in [0.3, 0.4) is 0 Å². The molecule has 0 aromatic carbocycles. The molecule has 104 valence electrons. The van der Waals surface area contributed by atoms with Crippen LogP contribution < -0.4 is 0 Å². The Balaban J connectivity index is 1.92. The molecule has 1 aliphatic heterocycles. The van der Waals surface area contributed by atoms with Crippen molar-refractivity contribution in [1.29, 1.82) is 0 Å². The summed E-state index contributed by atoms with van der Waals surface area (Å²) in [6.45, 7) is 5.27. The quantitative estimate of drug-likeness (QED) is 0.749. The van der Waals surface area contributed by atoms with Gasteiger partial charge in [0, 0.05) is 15.8 Å². The highest BCUT2D eigenvalue weighted by Crippen LogP contribution is 2.42. The minimum Gasteiger partial charge on any atom is -0.334 e. The SMILES string of the molecule is Cc1sc2c(c1C)CC[C@H](C1CC1)N(C(=O)CBr)C2. The zero-order valence-electron chi connectivity index (χ0n) is 11.5. The van der Waals surface area contributed by atoms with Crippen molar-refractivity contribution in [1.82, 2.24) is 4.90 Å². The zero-order valence-corrected chi connectivity index (χ0v) is 13.9. The van der Waals surface area contributed by atoms with Gasteiger partial charge in [-0.05, 0) is 56.6 Å². The number of fused-ring (bicyclic) bond motifs is 1. The number of thiophene rings is 1. The Morgan fingerprint density at radius 3 is 2.74 bits per heavy atom. The summed E-state index contributed by atoms with van der Waals surface area (Å²) < 4.78 is 0. The highest BCUT2D eigenvalue weighted by atomic mass is 79.9. The molecule has 1 aromatic rings. The van der Waals surface area contributed by atoms with Gasteiger partial charge in [-0.2, -0.15) is 0 Å². The third kappa shape index (κ3) is 2.49. The first-order valence-electron chi connectivity index (χ1n) is 7.05. The number of carbonyl (C=O) groups is 1. The normalized spacial score (nSPS) is 23.1. The third-order valence-corrected chi connectivity index (χ3v) is 6.31. The number of carbonyl (C=O) groups excluding carboxylic acids is 1. The molecule has 19 heavy (non-hydrogen) atoms. The second-order valence-electron chi connectivity index (χ2n) is 5.78. The fourth-order valence-electron chi connectivity index (χ4n) is 3.24. The van der Waals surface area contributed by atoms with Gasteiger partial charge < -0.3 is 4.90 Å². The highest BCUT2D eigenvalue weighted by Gasteiger charge is 2.39. The van der Waals surface area contributed by atoms with Crippen LogP contribution in [0, 0.1) is 19.8 Å². The van der Waals surface area contributed by atoms with Crippen LogP contribution in [0.15, 0.2) is 0 Å². The van der Waals surface area contributed by atoms with E-state index >= 15 is 0 Å². The van der Waals surface area contributed by atoms with Crippen molar-refractivity contribution in [2.24, 2.45) is 5.92 Å². The Morgan fingerprint density at radius 2 is 2.11 bits per heavy atom. The van der Waals surface area contributed by atoms with Crippen molar-refractivity contribution in [3.05, 3.63) is 20.9 Å². The molecule has 2 nitrogen and oxygen atoms in total. The number of halogens is 1. The van der Waals surface area contributed by atoms with Gasteiger partial charge in [0.2, 0.25) is 5.91 Å². The summed E-state index contributed by atoms with van der Waals surface area (Å²) in [5.74, 6) is 1.02. The maximum atomic E-state index is 12.2. The molecule has 4 heteroatoms. The maximum Gasteiger partial charge on any atom is 0.233 e. The number of hydrogen-bond acceptors (Lipinski definition) is 2. The predicted octanol–water partition coefficient (Wildman–Crippen LogP) is 3.81. The fraction of sp³-hybridized carbons (Fsp3) is 0.667. The number of nitrogens with zero attached hydrogens (tertiary/aromatic N) is 1. The van der Waals surface area contributed by atoms with Crippen molar-refractivity contribution in [3.8, 4) is 0 Å². The van der Waals surface area contributed by atoms with Crippen LogP contribution in [0.1, 0.15) is 40.1 Å². The first kappa shape index (κ1) is 13.6. The molecule has 0 bridgehead atoms. The molecule has 1 fully saturated rings. The summed E-state index contributed by atoms with van der Waals surface area (Å²) in [5.41, 5.74) is 2.99. The maximum absolute atomic E-state index is 12.2. The van der Waals surface area contributed by atoms with Crippen LogP contribution in [0.4, 0.5) is 0 Å². The Hall–Kier alpha value is -0.350. The van der Waals surface area contributed by atoms with Crippen LogP contribution in [0.2, 0.25) is 0 Å². The molecular weight excluding hydrogens is 322 g/mol. The molecule has 2 heterocycles. The van der Waals surface area contributed by atoms with Gasteiger partial charge in [-0.3, -0.25) is 4.79 Å². The van der Waals surface area contributed by atoms with Gasteiger partial charge in [0.15, 0.2) is 0 Å². The smallest absolute Gasteiger partial charge is 0.233 e. The van der Waals surface area contributed by atoms with E-state index in [1.807, 2.05) is 11.3 Å². The summed E-state index contributed by atoms with van der Waals surface area (Å²) in [6.07, 6.45) is 4.91. The molecule has 1 aliphatic carbocycles. The number of aryl methyl sites for hydroxylation is 1. The summed E-state index contributed by atoms with van der Waals surface area (Å²) in [5, 5.41) is 0.453. The van der Waals surface area contributed by atoms with E-state index in [9.17, 15) is 4.79 Å². The van der Waals surface area contributed by atoms with Crippen molar-refractivity contribution in [2.75, 3.05) is 5.33 Å². The van der Waals surface area contributed by atoms with Crippen LogP contribution in [-0.4, -0.2) is 22.2 Å². The van der Waals surface area contributed by atoms with Gasteiger partial charge in [-0.15, -0.1) is 11.3 Å². The molecular formula is C15H20BrNOS. The molecule has 1 amide bonds. The third-order valence-electron chi connectivity index (χ3n) is 4.60. The Morgan fingerprint density at radius 1 is 1.37 bits per heavy atom. The Labute approximate surface area is 127 Å². The van der Waals surface area contributed by atoms with E-state index in [0.717, 1.165) is 25.3 Å².